The zero-order valence-corrected chi connectivity index (χ0v) is 12.9. The van der Waals surface area contributed by atoms with E-state index in [4.69, 9.17) is 4.74 Å². The summed E-state index contributed by atoms with van der Waals surface area (Å²) in [5.74, 6) is -0.340. The highest BCUT2D eigenvalue weighted by Crippen LogP contribution is 2.30. The van der Waals surface area contributed by atoms with Crippen molar-refractivity contribution in [3.8, 4) is 0 Å². The monoisotopic (exact) mass is 280 g/mol. The third-order valence-corrected chi connectivity index (χ3v) is 3.49. The van der Waals surface area contributed by atoms with E-state index in [1.54, 1.807) is 6.08 Å². The van der Waals surface area contributed by atoms with Crippen molar-refractivity contribution >= 4 is 11.5 Å². The van der Waals surface area contributed by atoms with Crippen LogP contribution < -0.4 is 0 Å². The molecule has 0 bridgehead atoms. The number of carbonyl (C=O) groups excluding carboxylic acids is 1. The predicted octanol–water partition coefficient (Wildman–Crippen LogP) is 4.22. The lowest BCUT2D eigenvalue weighted by Crippen LogP contribution is -2.01. The fourth-order valence-electron chi connectivity index (χ4n) is 2.70. The van der Waals surface area contributed by atoms with Crippen LogP contribution >= 0.6 is 0 Å². The molecule has 0 saturated carbocycles. The lowest BCUT2D eigenvalue weighted by atomic mass is 9.89. The van der Waals surface area contributed by atoms with Crippen molar-refractivity contribution in [2.75, 3.05) is 7.11 Å². The van der Waals surface area contributed by atoms with E-state index in [1.807, 2.05) is 30.3 Å². The van der Waals surface area contributed by atoms with Gasteiger partial charge in [-0.05, 0) is 48.6 Å². The van der Waals surface area contributed by atoms with Crippen molar-refractivity contribution in [2.45, 2.75) is 20.8 Å². The van der Waals surface area contributed by atoms with Gasteiger partial charge in [-0.15, -0.1) is 0 Å². The van der Waals surface area contributed by atoms with Crippen LogP contribution in [0.25, 0.3) is 5.57 Å². The summed E-state index contributed by atoms with van der Waals surface area (Å²) in [5.41, 5.74) is 6.55. The van der Waals surface area contributed by atoms with Crippen LogP contribution in [0.2, 0.25) is 0 Å². The van der Waals surface area contributed by atoms with Crippen LogP contribution in [0.4, 0.5) is 0 Å². The third kappa shape index (κ3) is 3.40. The van der Waals surface area contributed by atoms with Crippen molar-refractivity contribution in [1.82, 2.24) is 0 Å². The summed E-state index contributed by atoms with van der Waals surface area (Å²) in [6.07, 6.45) is 1.57. The van der Waals surface area contributed by atoms with Gasteiger partial charge in [-0.2, -0.15) is 0 Å². The number of aryl methyl sites for hydroxylation is 3. The Balaban J connectivity index is 2.67. The molecule has 0 atom stereocenters. The largest absolute Gasteiger partial charge is 0.466 e. The Labute approximate surface area is 126 Å². The van der Waals surface area contributed by atoms with Gasteiger partial charge in [-0.1, -0.05) is 48.0 Å². The number of ether oxygens (including phenoxy) is 1. The molecule has 0 unspecified atom stereocenters. The molecular formula is C19H20O2. The first-order valence-corrected chi connectivity index (χ1v) is 6.96. The Bertz CT molecular complexity index is 659. The molecule has 0 radical (unpaired) electrons. The maximum atomic E-state index is 11.8. The molecule has 0 aliphatic rings. The molecule has 2 aromatic carbocycles. The fourth-order valence-corrected chi connectivity index (χ4v) is 2.70. The molecule has 2 nitrogen and oxygen atoms in total. The average molecular weight is 280 g/mol. The highest BCUT2D eigenvalue weighted by atomic mass is 16.5. The number of hydrogen-bond acceptors (Lipinski definition) is 2. The van der Waals surface area contributed by atoms with Crippen molar-refractivity contribution < 1.29 is 9.53 Å². The molecule has 0 fully saturated rings. The first-order valence-electron chi connectivity index (χ1n) is 6.96. The molecule has 0 saturated heterocycles. The van der Waals surface area contributed by atoms with Crippen molar-refractivity contribution in [1.29, 1.82) is 0 Å². The first-order chi connectivity index (χ1) is 10.0. The molecular weight excluding hydrogens is 260 g/mol. The number of rotatable bonds is 3. The molecule has 2 rings (SSSR count). The Kier molecular flexibility index (Phi) is 4.59. The summed E-state index contributed by atoms with van der Waals surface area (Å²) in [6, 6.07) is 14.2. The topological polar surface area (TPSA) is 26.3 Å². The maximum Gasteiger partial charge on any atom is 0.331 e. The molecule has 21 heavy (non-hydrogen) atoms. The second-order valence-electron chi connectivity index (χ2n) is 5.22. The maximum absolute atomic E-state index is 11.8. The van der Waals surface area contributed by atoms with Gasteiger partial charge in [0.25, 0.3) is 0 Å². The SMILES string of the molecule is COC(=O)/C=C(/c1ccccc1)c1c(C)cc(C)cc1C. The lowest BCUT2D eigenvalue weighted by molar-refractivity contribution is -0.134. The smallest absolute Gasteiger partial charge is 0.331 e. The first kappa shape index (κ1) is 15.0. The van der Waals surface area contributed by atoms with E-state index < -0.39 is 0 Å². The second kappa shape index (κ2) is 6.40. The molecule has 108 valence electrons. The van der Waals surface area contributed by atoms with Crippen LogP contribution in [0.1, 0.15) is 27.8 Å². The van der Waals surface area contributed by atoms with E-state index in [0.29, 0.717) is 0 Å². The molecule has 0 N–H and O–H groups in total. The normalized spacial score (nSPS) is 11.3. The standard InChI is InChI=1S/C19H20O2/c1-13-10-14(2)19(15(3)11-13)17(12-18(20)21-4)16-8-6-5-7-9-16/h5-12H,1-4H3/b17-12-. The van der Waals surface area contributed by atoms with Crippen LogP contribution in [0, 0.1) is 20.8 Å². The minimum atomic E-state index is -0.340. The van der Waals surface area contributed by atoms with Gasteiger partial charge in [0, 0.05) is 6.08 Å². The van der Waals surface area contributed by atoms with E-state index >= 15 is 0 Å². The van der Waals surface area contributed by atoms with Gasteiger partial charge < -0.3 is 4.74 Å². The van der Waals surface area contributed by atoms with Gasteiger partial charge >= 0.3 is 5.97 Å². The average Bonchev–Trinajstić information content (AvgIpc) is 2.46. The molecule has 0 aromatic heterocycles. The Morgan fingerprint density at radius 3 is 2.10 bits per heavy atom. The number of benzene rings is 2. The van der Waals surface area contributed by atoms with Crippen LogP contribution in [-0.2, 0) is 9.53 Å². The summed E-state index contributed by atoms with van der Waals surface area (Å²) >= 11 is 0. The van der Waals surface area contributed by atoms with E-state index in [-0.39, 0.29) is 5.97 Å². The molecule has 0 aliphatic carbocycles. The molecule has 0 heterocycles. The van der Waals surface area contributed by atoms with Crippen molar-refractivity contribution in [2.24, 2.45) is 0 Å². The van der Waals surface area contributed by atoms with Crippen LogP contribution in [0.3, 0.4) is 0 Å². The summed E-state index contributed by atoms with van der Waals surface area (Å²) < 4.78 is 4.81. The summed E-state index contributed by atoms with van der Waals surface area (Å²) in [5, 5.41) is 0. The molecule has 0 spiro atoms. The highest BCUT2D eigenvalue weighted by molar-refractivity contribution is 5.97. The Morgan fingerprint density at radius 1 is 1.00 bits per heavy atom. The second-order valence-corrected chi connectivity index (χ2v) is 5.22. The van der Waals surface area contributed by atoms with Gasteiger partial charge in [0.1, 0.15) is 0 Å². The summed E-state index contributed by atoms with van der Waals surface area (Å²) in [6.45, 7) is 6.22. The molecule has 0 aliphatic heterocycles. The number of carbonyl (C=O) groups is 1. The van der Waals surface area contributed by atoms with Gasteiger partial charge in [0.15, 0.2) is 0 Å². The van der Waals surface area contributed by atoms with Crippen LogP contribution in [0.5, 0.6) is 0 Å². The molecule has 2 aromatic rings. The van der Waals surface area contributed by atoms with Gasteiger partial charge in [0.05, 0.1) is 7.11 Å². The predicted molar refractivity (Wildman–Crippen MR) is 86.2 cm³/mol. The van der Waals surface area contributed by atoms with Crippen molar-refractivity contribution in [3.63, 3.8) is 0 Å². The minimum Gasteiger partial charge on any atom is -0.466 e. The number of methoxy groups -OCH3 is 1. The Hall–Kier alpha value is -2.35. The third-order valence-electron chi connectivity index (χ3n) is 3.49. The highest BCUT2D eigenvalue weighted by Gasteiger charge is 2.13. The van der Waals surface area contributed by atoms with Crippen LogP contribution in [-0.4, -0.2) is 13.1 Å². The quantitative estimate of drug-likeness (QED) is 0.621. The van der Waals surface area contributed by atoms with E-state index in [9.17, 15) is 4.79 Å². The van der Waals surface area contributed by atoms with Crippen LogP contribution in [0.15, 0.2) is 48.5 Å². The molecule has 0 amide bonds. The fraction of sp³-hybridized carbons (Fsp3) is 0.211. The van der Waals surface area contributed by atoms with E-state index in [0.717, 1.165) is 27.8 Å². The summed E-state index contributed by atoms with van der Waals surface area (Å²) in [4.78, 5) is 11.8. The van der Waals surface area contributed by atoms with E-state index in [2.05, 4.69) is 32.9 Å². The summed E-state index contributed by atoms with van der Waals surface area (Å²) in [7, 11) is 1.40. The number of hydrogen-bond donors (Lipinski definition) is 0. The van der Waals surface area contributed by atoms with Gasteiger partial charge in [-0.25, -0.2) is 4.79 Å². The minimum absolute atomic E-state index is 0.340. The van der Waals surface area contributed by atoms with Crippen molar-refractivity contribution in [3.05, 3.63) is 76.4 Å². The van der Waals surface area contributed by atoms with E-state index in [1.165, 1.54) is 12.7 Å². The van der Waals surface area contributed by atoms with Gasteiger partial charge in [-0.3, -0.25) is 0 Å². The lowest BCUT2D eigenvalue weighted by Gasteiger charge is -2.15. The molecule has 2 heteroatoms. The number of esters is 1. The zero-order valence-electron chi connectivity index (χ0n) is 12.9. The van der Waals surface area contributed by atoms with Gasteiger partial charge in [0.2, 0.25) is 0 Å². The Morgan fingerprint density at radius 2 is 1.57 bits per heavy atom. The zero-order chi connectivity index (χ0) is 15.4.